The van der Waals surface area contributed by atoms with Crippen molar-refractivity contribution in [1.82, 2.24) is 9.88 Å². The molecule has 4 aromatic rings. The average Bonchev–Trinajstić information content (AvgIpc) is 3.55. The van der Waals surface area contributed by atoms with Crippen LogP contribution in [0.3, 0.4) is 0 Å². The minimum Gasteiger partial charge on any atom is -0.507 e. The number of aliphatic hydroxyl groups excluding tert-OH is 1. The molecule has 0 saturated carbocycles. The van der Waals surface area contributed by atoms with E-state index in [-0.39, 0.29) is 17.9 Å². The molecule has 6 nitrogen and oxygen atoms in total. The number of carbonyl (C=O) groups excluding carboxylic acids is 2. The molecule has 0 spiro atoms. The molecule has 1 aliphatic heterocycles. The molecule has 1 aliphatic rings. The lowest BCUT2D eigenvalue weighted by Gasteiger charge is -2.24. The Bertz CT molecular complexity index is 1340. The van der Waals surface area contributed by atoms with Crippen molar-refractivity contribution in [3.05, 3.63) is 93.8 Å². The Morgan fingerprint density at radius 3 is 2.59 bits per heavy atom. The third kappa shape index (κ3) is 3.27. The summed E-state index contributed by atoms with van der Waals surface area (Å²) in [6.45, 7) is 0.238. The topological polar surface area (TPSA) is 82.6 Å². The summed E-state index contributed by atoms with van der Waals surface area (Å²) in [7, 11) is 1.59. The van der Waals surface area contributed by atoms with Gasteiger partial charge in [-0.05, 0) is 35.2 Å². The number of thiophene rings is 1. The van der Waals surface area contributed by atoms with Crippen LogP contribution in [0.2, 0.25) is 0 Å². The van der Waals surface area contributed by atoms with Crippen LogP contribution < -0.4 is 4.74 Å². The number of rotatable bonds is 5. The Balaban J connectivity index is 1.62. The van der Waals surface area contributed by atoms with Crippen molar-refractivity contribution < 1.29 is 19.4 Å². The molecule has 3 heterocycles. The highest BCUT2D eigenvalue weighted by Crippen LogP contribution is 2.42. The number of benzene rings is 2. The molecule has 1 fully saturated rings. The number of H-pyrrole nitrogens is 1. The Morgan fingerprint density at radius 1 is 1.09 bits per heavy atom. The maximum atomic E-state index is 13.2. The molecule has 0 bridgehead atoms. The van der Waals surface area contributed by atoms with Gasteiger partial charge in [0.15, 0.2) is 0 Å². The van der Waals surface area contributed by atoms with Crippen molar-refractivity contribution in [3.63, 3.8) is 0 Å². The van der Waals surface area contributed by atoms with Gasteiger partial charge in [-0.3, -0.25) is 9.59 Å². The predicted octanol–water partition coefficient (Wildman–Crippen LogP) is 4.86. The van der Waals surface area contributed by atoms with Gasteiger partial charge in [0.1, 0.15) is 11.5 Å². The van der Waals surface area contributed by atoms with E-state index in [1.807, 2.05) is 66.0 Å². The standard InChI is InChI=1S/C25H20N2O4S/c1-31-16-10-8-15(9-11-16)14-27-22(20-7-4-12-32-20)21(24(29)25(27)30)23(28)18-13-26-19-6-3-2-5-17(18)19/h2-13,22,26,28H,14H2,1H3/b23-21-. The van der Waals surface area contributed by atoms with Gasteiger partial charge in [0.05, 0.1) is 18.7 Å². The highest BCUT2D eigenvalue weighted by molar-refractivity contribution is 7.10. The number of hydrogen-bond donors (Lipinski definition) is 2. The van der Waals surface area contributed by atoms with Gasteiger partial charge >= 0.3 is 0 Å². The normalized spacial score (nSPS) is 17.9. The molecule has 7 heteroatoms. The first-order valence-corrected chi connectivity index (χ1v) is 11.0. The second-order valence-corrected chi connectivity index (χ2v) is 8.52. The van der Waals surface area contributed by atoms with Crippen LogP contribution in [-0.4, -0.2) is 33.8 Å². The summed E-state index contributed by atoms with van der Waals surface area (Å²) >= 11 is 1.45. The van der Waals surface area contributed by atoms with E-state index >= 15 is 0 Å². The number of aromatic nitrogens is 1. The SMILES string of the molecule is COc1ccc(CN2C(=O)C(=O)/C(=C(\O)c3c[nH]c4ccccc34)C2c2cccs2)cc1. The number of nitrogens with zero attached hydrogens (tertiary/aromatic N) is 1. The summed E-state index contributed by atoms with van der Waals surface area (Å²) in [5.74, 6) is -0.762. The van der Waals surface area contributed by atoms with E-state index in [0.29, 0.717) is 11.3 Å². The number of nitrogens with one attached hydrogen (secondary N) is 1. The smallest absolute Gasteiger partial charge is 0.295 e. The number of methoxy groups -OCH3 is 1. The second kappa shape index (κ2) is 8.01. The summed E-state index contributed by atoms with van der Waals surface area (Å²) in [5.41, 5.74) is 2.32. The van der Waals surface area contributed by atoms with E-state index in [4.69, 9.17) is 4.74 Å². The lowest BCUT2D eigenvalue weighted by Crippen LogP contribution is -2.28. The Hall–Kier alpha value is -3.84. The molecule has 2 N–H and O–H groups in total. The number of fused-ring (bicyclic) bond motifs is 1. The van der Waals surface area contributed by atoms with Gasteiger partial charge in [-0.2, -0.15) is 0 Å². The highest BCUT2D eigenvalue weighted by Gasteiger charge is 2.46. The fraction of sp³-hybridized carbons (Fsp3) is 0.120. The molecule has 0 radical (unpaired) electrons. The number of ketones is 1. The Morgan fingerprint density at radius 2 is 1.88 bits per heavy atom. The number of aliphatic hydroxyl groups is 1. The number of carbonyl (C=O) groups is 2. The molecule has 5 rings (SSSR count). The van der Waals surface area contributed by atoms with Gasteiger partial charge in [-0.1, -0.05) is 36.4 Å². The third-order valence-electron chi connectivity index (χ3n) is 5.71. The number of aromatic amines is 1. The molecule has 2 aromatic carbocycles. The molecule has 160 valence electrons. The van der Waals surface area contributed by atoms with Crippen LogP contribution in [0.15, 0.2) is 77.8 Å². The third-order valence-corrected chi connectivity index (χ3v) is 6.63. The maximum absolute atomic E-state index is 13.2. The quantitative estimate of drug-likeness (QED) is 0.262. The summed E-state index contributed by atoms with van der Waals surface area (Å²) in [4.78, 5) is 31.7. The van der Waals surface area contributed by atoms with Gasteiger partial charge < -0.3 is 19.7 Å². The Labute approximate surface area is 188 Å². The maximum Gasteiger partial charge on any atom is 0.295 e. The van der Waals surface area contributed by atoms with Gasteiger partial charge in [0.2, 0.25) is 0 Å². The first-order valence-electron chi connectivity index (χ1n) is 10.1. The van der Waals surface area contributed by atoms with Gasteiger partial charge in [0, 0.05) is 34.1 Å². The summed E-state index contributed by atoms with van der Waals surface area (Å²) in [6, 6.07) is 18.0. The van der Waals surface area contributed by atoms with E-state index in [1.54, 1.807) is 13.3 Å². The van der Waals surface area contributed by atoms with E-state index in [0.717, 1.165) is 21.3 Å². The Kier molecular flexibility index (Phi) is 5.03. The molecular formula is C25H20N2O4S. The number of likely N-dealkylation sites (tertiary alicyclic amines) is 1. The first-order chi connectivity index (χ1) is 15.6. The number of amides is 1. The monoisotopic (exact) mass is 444 g/mol. The van der Waals surface area contributed by atoms with E-state index < -0.39 is 17.7 Å². The van der Waals surface area contributed by atoms with E-state index in [9.17, 15) is 14.7 Å². The number of ether oxygens (including phenoxy) is 1. The minimum absolute atomic E-state index is 0.107. The molecule has 1 unspecified atom stereocenters. The average molecular weight is 445 g/mol. The van der Waals surface area contributed by atoms with Crippen LogP contribution in [0.1, 0.15) is 22.0 Å². The van der Waals surface area contributed by atoms with Crippen molar-refractivity contribution in [1.29, 1.82) is 0 Å². The van der Waals surface area contributed by atoms with Crippen LogP contribution in [0.5, 0.6) is 5.75 Å². The number of hydrogen-bond acceptors (Lipinski definition) is 5. The number of Topliss-reactive ketones (excluding diaryl/α,β-unsaturated/α-hetero) is 1. The van der Waals surface area contributed by atoms with Crippen LogP contribution in [0.4, 0.5) is 0 Å². The zero-order chi connectivity index (χ0) is 22.2. The van der Waals surface area contributed by atoms with Gasteiger partial charge in [-0.15, -0.1) is 11.3 Å². The summed E-state index contributed by atoms with van der Waals surface area (Å²) < 4.78 is 5.21. The van der Waals surface area contributed by atoms with E-state index in [1.165, 1.54) is 16.2 Å². The highest BCUT2D eigenvalue weighted by atomic mass is 32.1. The first kappa shape index (κ1) is 20.1. The number of para-hydroxylation sites is 1. The van der Waals surface area contributed by atoms with Gasteiger partial charge in [-0.25, -0.2) is 0 Å². The van der Waals surface area contributed by atoms with Crippen LogP contribution in [0.25, 0.3) is 16.7 Å². The second-order valence-electron chi connectivity index (χ2n) is 7.54. The lowest BCUT2D eigenvalue weighted by molar-refractivity contribution is -0.140. The van der Waals surface area contributed by atoms with E-state index in [2.05, 4.69) is 4.98 Å². The fourth-order valence-corrected chi connectivity index (χ4v) is 4.97. The van der Waals surface area contributed by atoms with Crippen LogP contribution in [-0.2, 0) is 16.1 Å². The van der Waals surface area contributed by atoms with Crippen molar-refractivity contribution in [2.75, 3.05) is 7.11 Å². The zero-order valence-corrected chi connectivity index (χ0v) is 18.1. The fourth-order valence-electron chi connectivity index (χ4n) is 4.13. The molecule has 0 aliphatic carbocycles. The van der Waals surface area contributed by atoms with Crippen molar-refractivity contribution in [2.24, 2.45) is 0 Å². The molecule has 1 atom stereocenters. The molecule has 32 heavy (non-hydrogen) atoms. The molecule has 1 saturated heterocycles. The van der Waals surface area contributed by atoms with Gasteiger partial charge in [0.25, 0.3) is 11.7 Å². The molecule has 2 aromatic heterocycles. The van der Waals surface area contributed by atoms with Crippen molar-refractivity contribution in [2.45, 2.75) is 12.6 Å². The predicted molar refractivity (Wildman–Crippen MR) is 123 cm³/mol. The zero-order valence-electron chi connectivity index (χ0n) is 17.2. The van der Waals surface area contributed by atoms with Crippen molar-refractivity contribution >= 4 is 39.7 Å². The minimum atomic E-state index is -0.681. The summed E-state index contributed by atoms with van der Waals surface area (Å²) in [6.07, 6.45) is 1.67. The molecular weight excluding hydrogens is 424 g/mol. The van der Waals surface area contributed by atoms with Crippen LogP contribution >= 0.6 is 11.3 Å². The van der Waals surface area contributed by atoms with Crippen molar-refractivity contribution in [3.8, 4) is 5.75 Å². The lowest BCUT2D eigenvalue weighted by atomic mass is 9.99. The molecule has 1 amide bonds. The largest absolute Gasteiger partial charge is 0.507 e. The van der Waals surface area contributed by atoms with Crippen LogP contribution in [0, 0.1) is 0 Å². The summed E-state index contributed by atoms with van der Waals surface area (Å²) in [5, 5.41) is 14.0.